The molecule has 0 bridgehead atoms. The van der Waals surface area contributed by atoms with Crippen molar-refractivity contribution in [2.45, 2.75) is 24.5 Å². The molecule has 2 aliphatic heterocycles. The summed E-state index contributed by atoms with van der Waals surface area (Å²) in [6.45, 7) is 2.65. The molecule has 26 heavy (non-hydrogen) atoms. The van der Waals surface area contributed by atoms with E-state index in [1.807, 2.05) is 12.3 Å². The summed E-state index contributed by atoms with van der Waals surface area (Å²) in [5.41, 5.74) is 1.69. The molecule has 0 saturated carbocycles. The van der Waals surface area contributed by atoms with Crippen LogP contribution in [0.2, 0.25) is 0 Å². The van der Waals surface area contributed by atoms with Crippen molar-refractivity contribution in [1.29, 1.82) is 0 Å². The Bertz CT molecular complexity index is 790. The molecular formula is C16H21N5O5. The first kappa shape index (κ1) is 17.3. The van der Waals surface area contributed by atoms with E-state index in [0.717, 1.165) is 13.1 Å². The highest BCUT2D eigenvalue weighted by Crippen LogP contribution is 2.31. The summed E-state index contributed by atoms with van der Waals surface area (Å²) in [7, 11) is 0. The van der Waals surface area contributed by atoms with E-state index in [9.17, 15) is 15.3 Å². The SMILES string of the molecule is OC[C@H]1O[C@@H](n2cnc3c(/C=C/N4CCOCC4)ncnc32)[C@H](O)[C@@H]1O. The molecule has 4 atom stereocenters. The van der Waals surface area contributed by atoms with Crippen LogP contribution in [-0.2, 0) is 9.47 Å². The Morgan fingerprint density at radius 1 is 1.15 bits per heavy atom. The van der Waals surface area contributed by atoms with Crippen LogP contribution in [0.5, 0.6) is 0 Å². The third-order valence-electron chi connectivity index (χ3n) is 4.67. The van der Waals surface area contributed by atoms with E-state index in [2.05, 4.69) is 19.9 Å². The van der Waals surface area contributed by atoms with Crippen LogP contribution < -0.4 is 0 Å². The maximum Gasteiger partial charge on any atom is 0.166 e. The second kappa shape index (κ2) is 7.25. The quantitative estimate of drug-likeness (QED) is 0.610. The topological polar surface area (TPSA) is 126 Å². The molecule has 0 unspecified atom stereocenters. The molecule has 140 valence electrons. The van der Waals surface area contributed by atoms with Crippen molar-refractivity contribution in [2.75, 3.05) is 32.9 Å². The number of hydrogen-bond acceptors (Lipinski definition) is 9. The summed E-state index contributed by atoms with van der Waals surface area (Å²) in [6.07, 6.45) is 2.64. The van der Waals surface area contributed by atoms with Gasteiger partial charge in [-0.15, -0.1) is 0 Å². The maximum absolute atomic E-state index is 10.2. The molecule has 4 rings (SSSR count). The number of imidazole rings is 1. The lowest BCUT2D eigenvalue weighted by Crippen LogP contribution is -2.33. The second-order valence-electron chi connectivity index (χ2n) is 6.28. The number of hydrogen-bond donors (Lipinski definition) is 3. The van der Waals surface area contributed by atoms with Gasteiger partial charge in [0.2, 0.25) is 0 Å². The van der Waals surface area contributed by atoms with Crippen LogP contribution in [0, 0.1) is 0 Å². The van der Waals surface area contributed by atoms with E-state index < -0.39 is 24.5 Å². The number of morpholine rings is 1. The molecule has 2 fully saturated rings. The molecule has 2 saturated heterocycles. The Morgan fingerprint density at radius 3 is 2.69 bits per heavy atom. The summed E-state index contributed by atoms with van der Waals surface area (Å²) < 4.78 is 12.4. The third-order valence-corrected chi connectivity index (χ3v) is 4.67. The fourth-order valence-electron chi connectivity index (χ4n) is 3.19. The smallest absolute Gasteiger partial charge is 0.166 e. The van der Waals surface area contributed by atoms with Crippen molar-refractivity contribution in [3.8, 4) is 0 Å². The summed E-state index contributed by atoms with van der Waals surface area (Å²) in [5.74, 6) is 0. The lowest BCUT2D eigenvalue weighted by molar-refractivity contribution is -0.0511. The average molecular weight is 363 g/mol. The van der Waals surface area contributed by atoms with Gasteiger partial charge in [-0.2, -0.15) is 0 Å². The molecule has 0 amide bonds. The van der Waals surface area contributed by atoms with Gasteiger partial charge in [0.1, 0.15) is 30.2 Å². The van der Waals surface area contributed by atoms with Crippen molar-refractivity contribution < 1.29 is 24.8 Å². The zero-order chi connectivity index (χ0) is 18.1. The molecule has 2 aromatic heterocycles. The van der Waals surface area contributed by atoms with E-state index in [1.54, 1.807) is 4.57 Å². The van der Waals surface area contributed by atoms with Gasteiger partial charge in [-0.3, -0.25) is 4.57 Å². The predicted octanol–water partition coefficient (Wildman–Crippen LogP) is -1.26. The van der Waals surface area contributed by atoms with Crippen LogP contribution in [0.4, 0.5) is 0 Å². The number of rotatable bonds is 4. The summed E-state index contributed by atoms with van der Waals surface area (Å²) in [6, 6.07) is 0. The molecule has 2 aliphatic rings. The van der Waals surface area contributed by atoms with Crippen molar-refractivity contribution in [3.05, 3.63) is 24.5 Å². The van der Waals surface area contributed by atoms with Gasteiger partial charge in [-0.25, -0.2) is 15.0 Å². The Morgan fingerprint density at radius 2 is 1.96 bits per heavy atom. The minimum atomic E-state index is -1.19. The van der Waals surface area contributed by atoms with Crippen molar-refractivity contribution in [2.24, 2.45) is 0 Å². The lowest BCUT2D eigenvalue weighted by atomic mass is 10.1. The summed E-state index contributed by atoms with van der Waals surface area (Å²) >= 11 is 0. The molecular weight excluding hydrogens is 342 g/mol. The van der Waals surface area contributed by atoms with Crippen LogP contribution in [0.1, 0.15) is 11.9 Å². The minimum Gasteiger partial charge on any atom is -0.394 e. The number of aliphatic hydroxyl groups excluding tert-OH is 3. The van der Waals surface area contributed by atoms with Gasteiger partial charge in [0.25, 0.3) is 0 Å². The van der Waals surface area contributed by atoms with E-state index in [4.69, 9.17) is 9.47 Å². The molecule has 10 heteroatoms. The zero-order valence-corrected chi connectivity index (χ0v) is 14.0. The number of fused-ring (bicyclic) bond motifs is 1. The normalized spacial score (nSPS) is 29.9. The molecule has 10 nitrogen and oxygen atoms in total. The monoisotopic (exact) mass is 363 g/mol. The average Bonchev–Trinajstić information content (AvgIpc) is 3.23. The summed E-state index contributed by atoms with van der Waals surface area (Å²) in [4.78, 5) is 15.0. The Labute approximate surface area is 149 Å². The molecule has 0 aliphatic carbocycles. The zero-order valence-electron chi connectivity index (χ0n) is 14.0. The first-order valence-electron chi connectivity index (χ1n) is 8.49. The molecule has 0 spiro atoms. The first-order chi connectivity index (χ1) is 12.7. The standard InChI is InChI=1S/C16H21N5O5/c22-7-11-13(23)14(24)16(26-11)21-9-19-12-10(17-8-18-15(12)21)1-2-20-3-5-25-6-4-20/h1-2,8-9,11,13-14,16,22-24H,3-7H2/b2-1+/t11-,13-,14-,16-/m1/s1. The maximum atomic E-state index is 10.2. The first-order valence-corrected chi connectivity index (χ1v) is 8.49. The summed E-state index contributed by atoms with van der Waals surface area (Å²) in [5, 5.41) is 29.4. The second-order valence-corrected chi connectivity index (χ2v) is 6.28. The van der Waals surface area contributed by atoms with E-state index in [1.165, 1.54) is 12.7 Å². The molecule has 0 aromatic carbocycles. The fraction of sp³-hybridized carbons (Fsp3) is 0.562. The van der Waals surface area contributed by atoms with E-state index in [-0.39, 0.29) is 6.61 Å². The van der Waals surface area contributed by atoms with Gasteiger partial charge >= 0.3 is 0 Å². The minimum absolute atomic E-state index is 0.385. The lowest BCUT2D eigenvalue weighted by Gasteiger charge is -2.24. The van der Waals surface area contributed by atoms with Crippen LogP contribution in [-0.4, -0.2) is 91.0 Å². The molecule has 2 aromatic rings. The van der Waals surface area contributed by atoms with E-state index in [0.29, 0.717) is 30.1 Å². The van der Waals surface area contributed by atoms with Crippen LogP contribution in [0.3, 0.4) is 0 Å². The Hall–Kier alpha value is -2.11. The van der Waals surface area contributed by atoms with Gasteiger partial charge in [0, 0.05) is 19.3 Å². The van der Waals surface area contributed by atoms with Gasteiger partial charge in [0.15, 0.2) is 11.9 Å². The number of aromatic nitrogens is 4. The Balaban J connectivity index is 1.62. The highest BCUT2D eigenvalue weighted by atomic mass is 16.6. The van der Waals surface area contributed by atoms with Gasteiger partial charge in [-0.1, -0.05) is 0 Å². The van der Waals surface area contributed by atoms with Crippen molar-refractivity contribution >= 4 is 17.2 Å². The van der Waals surface area contributed by atoms with Gasteiger partial charge in [-0.05, 0) is 6.08 Å². The molecule has 0 radical (unpaired) electrons. The highest BCUT2D eigenvalue weighted by Gasteiger charge is 2.43. The molecule has 3 N–H and O–H groups in total. The van der Waals surface area contributed by atoms with Crippen molar-refractivity contribution in [3.63, 3.8) is 0 Å². The predicted molar refractivity (Wildman–Crippen MR) is 89.8 cm³/mol. The Kier molecular flexibility index (Phi) is 4.83. The fourth-order valence-corrected chi connectivity index (χ4v) is 3.19. The van der Waals surface area contributed by atoms with E-state index >= 15 is 0 Å². The van der Waals surface area contributed by atoms with Gasteiger partial charge in [0.05, 0.1) is 31.8 Å². The van der Waals surface area contributed by atoms with Crippen LogP contribution in [0.15, 0.2) is 18.9 Å². The number of nitrogens with zero attached hydrogens (tertiary/aromatic N) is 5. The molecule has 4 heterocycles. The van der Waals surface area contributed by atoms with Crippen molar-refractivity contribution in [1.82, 2.24) is 24.4 Å². The third kappa shape index (κ3) is 3.06. The van der Waals surface area contributed by atoms with Crippen LogP contribution in [0.25, 0.3) is 17.2 Å². The van der Waals surface area contributed by atoms with Gasteiger partial charge < -0.3 is 29.7 Å². The highest BCUT2D eigenvalue weighted by molar-refractivity contribution is 5.79. The van der Waals surface area contributed by atoms with Crippen LogP contribution >= 0.6 is 0 Å². The number of ether oxygens (including phenoxy) is 2. The number of aliphatic hydroxyl groups is 3. The largest absolute Gasteiger partial charge is 0.394 e.